The highest BCUT2D eigenvalue weighted by Gasteiger charge is 2.26. The second kappa shape index (κ2) is 7.79. The third-order valence-corrected chi connectivity index (χ3v) is 4.28. The predicted octanol–water partition coefficient (Wildman–Crippen LogP) is 3.62. The maximum atomic E-state index is 14.1. The first-order valence-electron chi connectivity index (χ1n) is 8.70. The van der Waals surface area contributed by atoms with Gasteiger partial charge in [-0.15, -0.1) is 0 Å². The Morgan fingerprint density at radius 2 is 1.85 bits per heavy atom. The Morgan fingerprint density at radius 3 is 2.48 bits per heavy atom. The predicted molar refractivity (Wildman–Crippen MR) is 98.4 cm³/mol. The Bertz CT molecular complexity index is 841. The number of morpholine rings is 1. The number of furan rings is 1. The third-order valence-electron chi connectivity index (χ3n) is 4.28. The van der Waals surface area contributed by atoms with Crippen LogP contribution in [0, 0.1) is 12.7 Å². The summed E-state index contributed by atoms with van der Waals surface area (Å²) in [7, 11) is 0. The number of hydrogen-bond acceptors (Lipinski definition) is 4. The molecule has 0 saturated carbocycles. The Balaban J connectivity index is 1.70. The zero-order valence-electron chi connectivity index (χ0n) is 15.4. The van der Waals surface area contributed by atoms with Gasteiger partial charge in [-0.3, -0.25) is 4.79 Å². The van der Waals surface area contributed by atoms with Gasteiger partial charge in [0.05, 0.1) is 29.7 Å². The summed E-state index contributed by atoms with van der Waals surface area (Å²) < 4.78 is 24.8. The van der Waals surface area contributed by atoms with E-state index >= 15 is 0 Å². The van der Waals surface area contributed by atoms with E-state index < -0.39 is 11.7 Å². The molecule has 2 atom stereocenters. The van der Waals surface area contributed by atoms with E-state index in [2.05, 4.69) is 10.6 Å². The van der Waals surface area contributed by atoms with E-state index in [9.17, 15) is 14.0 Å². The van der Waals surface area contributed by atoms with Crippen LogP contribution in [-0.2, 0) is 4.74 Å². The van der Waals surface area contributed by atoms with Crippen molar-refractivity contribution < 1.29 is 23.1 Å². The van der Waals surface area contributed by atoms with Crippen molar-refractivity contribution in [3.8, 4) is 0 Å². The molecule has 0 spiro atoms. The molecule has 1 aromatic carbocycles. The maximum Gasteiger partial charge on any atom is 0.322 e. The molecule has 3 rings (SSSR count). The minimum absolute atomic E-state index is 0.0258. The van der Waals surface area contributed by atoms with Crippen LogP contribution in [-0.4, -0.2) is 42.1 Å². The van der Waals surface area contributed by atoms with Gasteiger partial charge in [-0.2, -0.15) is 0 Å². The minimum Gasteiger partial charge on any atom is -0.469 e. The highest BCUT2D eigenvalue weighted by Crippen LogP contribution is 2.22. The van der Waals surface area contributed by atoms with Crippen LogP contribution >= 0.6 is 0 Å². The number of ether oxygens (including phenoxy) is 1. The molecular weight excluding hydrogens is 353 g/mol. The lowest BCUT2D eigenvalue weighted by atomic mass is 10.2. The molecule has 8 heteroatoms. The molecule has 1 fully saturated rings. The van der Waals surface area contributed by atoms with Crippen molar-refractivity contribution in [1.29, 1.82) is 0 Å². The van der Waals surface area contributed by atoms with Crippen molar-refractivity contribution in [2.24, 2.45) is 0 Å². The van der Waals surface area contributed by atoms with Gasteiger partial charge in [0.2, 0.25) is 0 Å². The second-order valence-electron chi connectivity index (χ2n) is 6.63. The summed E-state index contributed by atoms with van der Waals surface area (Å²) in [6, 6.07) is 5.23. The molecule has 144 valence electrons. The van der Waals surface area contributed by atoms with Crippen LogP contribution < -0.4 is 10.6 Å². The molecular formula is C19H22FN3O4. The van der Waals surface area contributed by atoms with Crippen molar-refractivity contribution in [3.63, 3.8) is 0 Å². The molecule has 27 heavy (non-hydrogen) atoms. The third kappa shape index (κ3) is 4.46. The van der Waals surface area contributed by atoms with Crippen molar-refractivity contribution in [3.05, 3.63) is 47.7 Å². The van der Waals surface area contributed by atoms with Crippen molar-refractivity contribution in [2.45, 2.75) is 33.0 Å². The van der Waals surface area contributed by atoms with Gasteiger partial charge in [0, 0.05) is 18.8 Å². The molecule has 0 bridgehead atoms. The quantitative estimate of drug-likeness (QED) is 0.858. The standard InChI is InChI=1S/C19H22FN3O4/c1-11-9-23(10-12(2)27-11)19(25)21-14-4-5-16(20)17(8-14)22-18(24)15-6-7-26-13(15)3/h4-8,11-12H,9-10H2,1-3H3,(H,21,25)(H,22,24). The van der Waals surface area contributed by atoms with E-state index in [0.717, 1.165) is 0 Å². The fraction of sp³-hybridized carbons (Fsp3) is 0.368. The number of nitrogens with one attached hydrogen (secondary N) is 2. The van der Waals surface area contributed by atoms with Gasteiger partial charge in [-0.1, -0.05) is 0 Å². The Morgan fingerprint density at radius 1 is 1.15 bits per heavy atom. The fourth-order valence-corrected chi connectivity index (χ4v) is 3.06. The lowest BCUT2D eigenvalue weighted by molar-refractivity contribution is -0.0530. The summed E-state index contributed by atoms with van der Waals surface area (Å²) in [6.07, 6.45) is 1.28. The monoisotopic (exact) mass is 375 g/mol. The Labute approximate surface area is 156 Å². The second-order valence-corrected chi connectivity index (χ2v) is 6.63. The first kappa shape index (κ1) is 18.9. The molecule has 2 heterocycles. The van der Waals surface area contributed by atoms with E-state index in [0.29, 0.717) is 30.1 Å². The molecule has 1 saturated heterocycles. The highest BCUT2D eigenvalue weighted by atomic mass is 19.1. The van der Waals surface area contributed by atoms with E-state index in [1.165, 1.54) is 30.5 Å². The van der Waals surface area contributed by atoms with E-state index in [1.54, 1.807) is 11.8 Å². The largest absolute Gasteiger partial charge is 0.469 e. The van der Waals surface area contributed by atoms with E-state index in [-0.39, 0.29) is 23.9 Å². The number of amides is 3. The lowest BCUT2D eigenvalue weighted by Crippen LogP contribution is -2.49. The highest BCUT2D eigenvalue weighted by molar-refractivity contribution is 6.05. The average Bonchev–Trinajstić information content (AvgIpc) is 3.03. The number of nitrogens with zero attached hydrogens (tertiary/aromatic N) is 1. The molecule has 1 aliphatic heterocycles. The van der Waals surface area contributed by atoms with Crippen LogP contribution in [0.25, 0.3) is 0 Å². The summed E-state index contributed by atoms with van der Waals surface area (Å²) >= 11 is 0. The molecule has 2 N–H and O–H groups in total. The van der Waals surface area contributed by atoms with Crippen LogP contribution in [0.5, 0.6) is 0 Å². The average molecular weight is 375 g/mol. The number of anilines is 2. The van der Waals surface area contributed by atoms with E-state index in [1.807, 2.05) is 13.8 Å². The molecule has 1 aliphatic rings. The summed E-state index contributed by atoms with van der Waals surface area (Å²) in [5, 5.41) is 5.24. The summed E-state index contributed by atoms with van der Waals surface area (Å²) in [5.41, 5.74) is 0.676. The fourth-order valence-electron chi connectivity index (χ4n) is 3.06. The SMILES string of the molecule is Cc1occc1C(=O)Nc1cc(NC(=O)N2CC(C)OC(C)C2)ccc1F. The van der Waals surface area contributed by atoms with Crippen molar-refractivity contribution in [1.82, 2.24) is 4.90 Å². The molecule has 0 aliphatic carbocycles. The molecule has 1 aromatic heterocycles. The maximum absolute atomic E-state index is 14.1. The summed E-state index contributed by atoms with van der Waals surface area (Å²) in [4.78, 5) is 26.4. The number of carbonyl (C=O) groups is 2. The van der Waals surface area contributed by atoms with Crippen molar-refractivity contribution in [2.75, 3.05) is 23.7 Å². The number of benzene rings is 1. The lowest BCUT2D eigenvalue weighted by Gasteiger charge is -2.35. The number of halogens is 1. The first-order valence-corrected chi connectivity index (χ1v) is 8.70. The van der Waals surface area contributed by atoms with Gasteiger partial charge in [0.1, 0.15) is 11.6 Å². The minimum atomic E-state index is -0.601. The van der Waals surface area contributed by atoms with Crippen molar-refractivity contribution >= 4 is 23.3 Å². The smallest absolute Gasteiger partial charge is 0.322 e. The van der Waals surface area contributed by atoms with Gasteiger partial charge in [-0.05, 0) is 45.0 Å². The zero-order valence-corrected chi connectivity index (χ0v) is 15.4. The van der Waals surface area contributed by atoms with Gasteiger partial charge in [-0.25, -0.2) is 9.18 Å². The number of carbonyl (C=O) groups excluding carboxylic acids is 2. The van der Waals surface area contributed by atoms with Gasteiger partial charge >= 0.3 is 6.03 Å². The number of aryl methyl sites for hydroxylation is 1. The number of hydrogen-bond donors (Lipinski definition) is 2. The topological polar surface area (TPSA) is 83.8 Å². The zero-order chi connectivity index (χ0) is 19.6. The molecule has 2 unspecified atom stereocenters. The van der Waals surface area contributed by atoms with Gasteiger partial charge in [0.25, 0.3) is 5.91 Å². The van der Waals surface area contributed by atoms with Crippen LogP contribution in [0.3, 0.4) is 0 Å². The molecule has 7 nitrogen and oxygen atoms in total. The number of rotatable bonds is 3. The van der Waals surface area contributed by atoms with Gasteiger partial charge < -0.3 is 24.7 Å². The van der Waals surface area contributed by atoms with Crippen LogP contribution in [0.2, 0.25) is 0 Å². The molecule has 3 amide bonds. The molecule has 2 aromatic rings. The summed E-state index contributed by atoms with van der Waals surface area (Å²) in [5.74, 6) is -0.650. The first-order chi connectivity index (χ1) is 12.8. The van der Waals surface area contributed by atoms with Crippen LogP contribution in [0.1, 0.15) is 30.0 Å². The normalized spacial score (nSPS) is 19.6. The van der Waals surface area contributed by atoms with E-state index in [4.69, 9.17) is 9.15 Å². The number of urea groups is 1. The van der Waals surface area contributed by atoms with Crippen LogP contribution in [0.4, 0.5) is 20.6 Å². The Kier molecular flexibility index (Phi) is 5.46. The van der Waals surface area contributed by atoms with Crippen LogP contribution in [0.15, 0.2) is 34.9 Å². The summed E-state index contributed by atoms with van der Waals surface area (Å²) in [6.45, 7) is 6.40. The molecule has 0 radical (unpaired) electrons. The van der Waals surface area contributed by atoms with Gasteiger partial charge in [0.15, 0.2) is 0 Å². The Hall–Kier alpha value is -2.87.